The van der Waals surface area contributed by atoms with Gasteiger partial charge in [0, 0.05) is 18.2 Å². The van der Waals surface area contributed by atoms with Crippen LogP contribution in [0.5, 0.6) is 5.75 Å². The van der Waals surface area contributed by atoms with Gasteiger partial charge in [0.15, 0.2) is 0 Å². The summed E-state index contributed by atoms with van der Waals surface area (Å²) in [4.78, 5) is 23.4. The molecule has 0 atom stereocenters. The summed E-state index contributed by atoms with van der Waals surface area (Å²) in [6, 6.07) is 22.5. The third kappa shape index (κ3) is 7.31. The van der Waals surface area contributed by atoms with Crippen molar-refractivity contribution in [3.63, 3.8) is 0 Å². The van der Waals surface area contributed by atoms with Gasteiger partial charge in [-0.2, -0.15) is 5.10 Å². The predicted molar refractivity (Wildman–Crippen MR) is 132 cm³/mol. The van der Waals surface area contributed by atoms with Gasteiger partial charge in [0.05, 0.1) is 6.21 Å². The Balaban J connectivity index is 1.49. The van der Waals surface area contributed by atoms with Crippen molar-refractivity contribution >= 4 is 23.7 Å². The van der Waals surface area contributed by atoms with Crippen molar-refractivity contribution in [2.24, 2.45) is 5.10 Å². The summed E-state index contributed by atoms with van der Waals surface area (Å²) in [7, 11) is 0. The molecule has 0 bridgehead atoms. The van der Waals surface area contributed by atoms with E-state index in [0.29, 0.717) is 17.9 Å². The fourth-order valence-corrected chi connectivity index (χ4v) is 3.06. The lowest BCUT2D eigenvalue weighted by Gasteiger charge is -2.19. The van der Waals surface area contributed by atoms with E-state index in [2.05, 4.69) is 48.7 Å². The molecule has 0 saturated carbocycles. The molecule has 2 N–H and O–H groups in total. The third-order valence-corrected chi connectivity index (χ3v) is 4.95. The maximum Gasteiger partial charge on any atom is 0.271 e. The number of carbonyl (C=O) groups is 2. The Morgan fingerprint density at radius 2 is 1.55 bits per heavy atom. The van der Waals surface area contributed by atoms with Crippen molar-refractivity contribution < 1.29 is 14.3 Å². The average molecular weight is 444 g/mol. The topological polar surface area (TPSA) is 79.8 Å². The zero-order chi connectivity index (χ0) is 23.8. The summed E-state index contributed by atoms with van der Waals surface area (Å²) in [5.74, 6) is 0.381. The molecular weight excluding hydrogens is 414 g/mol. The largest absolute Gasteiger partial charge is 0.489 e. The van der Waals surface area contributed by atoms with E-state index < -0.39 is 0 Å². The highest BCUT2D eigenvalue weighted by Crippen LogP contribution is 2.24. The minimum Gasteiger partial charge on any atom is -0.489 e. The molecule has 0 spiro atoms. The Bertz CT molecular complexity index is 1110. The fourth-order valence-electron chi connectivity index (χ4n) is 3.06. The van der Waals surface area contributed by atoms with Crippen LogP contribution < -0.4 is 15.5 Å². The second-order valence-electron chi connectivity index (χ2n) is 8.76. The number of hydrazone groups is 1. The molecule has 33 heavy (non-hydrogen) atoms. The Hall–Kier alpha value is -3.93. The Kier molecular flexibility index (Phi) is 7.61. The molecule has 6 nitrogen and oxygen atoms in total. The molecule has 6 heteroatoms. The monoisotopic (exact) mass is 443 g/mol. The number of hydrogen-bond donors (Lipinski definition) is 2. The van der Waals surface area contributed by atoms with Crippen LogP contribution in [0.3, 0.4) is 0 Å². The summed E-state index contributed by atoms with van der Waals surface area (Å²) in [6.45, 7) is 8.41. The van der Waals surface area contributed by atoms with Crippen LogP contribution in [-0.2, 0) is 16.8 Å². The second kappa shape index (κ2) is 10.6. The van der Waals surface area contributed by atoms with Gasteiger partial charge in [-0.15, -0.1) is 0 Å². The summed E-state index contributed by atoms with van der Waals surface area (Å²) >= 11 is 0. The zero-order valence-electron chi connectivity index (χ0n) is 19.4. The molecule has 0 unspecified atom stereocenters. The number of nitrogens with zero attached hydrogens (tertiary/aromatic N) is 1. The Labute approximate surface area is 194 Å². The van der Waals surface area contributed by atoms with E-state index in [1.165, 1.54) is 12.5 Å². The number of anilines is 1. The number of ether oxygens (including phenoxy) is 1. The minimum atomic E-state index is -0.300. The standard InChI is InChI=1S/C27H29N3O3/c1-19(31)29-24-13-7-20(8-14-24)17-28-30-26(32)22-9-5-21(6-10-22)18-33-25-15-11-23(12-16-25)27(2,3)4/h5-17H,18H2,1-4H3,(H,29,31)(H,30,32). The van der Waals surface area contributed by atoms with Gasteiger partial charge < -0.3 is 10.1 Å². The van der Waals surface area contributed by atoms with Crippen LogP contribution in [0.2, 0.25) is 0 Å². The second-order valence-corrected chi connectivity index (χ2v) is 8.76. The molecule has 0 heterocycles. The molecule has 0 aliphatic carbocycles. The van der Waals surface area contributed by atoms with Crippen LogP contribution in [0, 0.1) is 0 Å². The van der Waals surface area contributed by atoms with Gasteiger partial charge in [0.2, 0.25) is 5.91 Å². The first kappa shape index (κ1) is 23.7. The van der Waals surface area contributed by atoms with E-state index in [9.17, 15) is 9.59 Å². The van der Waals surface area contributed by atoms with E-state index in [4.69, 9.17) is 4.74 Å². The van der Waals surface area contributed by atoms with Gasteiger partial charge in [-0.05, 0) is 58.5 Å². The van der Waals surface area contributed by atoms with Gasteiger partial charge >= 0.3 is 0 Å². The van der Waals surface area contributed by atoms with Gasteiger partial charge in [0.1, 0.15) is 12.4 Å². The van der Waals surface area contributed by atoms with Crippen molar-refractivity contribution in [1.29, 1.82) is 0 Å². The predicted octanol–water partition coefficient (Wildman–Crippen LogP) is 5.29. The van der Waals surface area contributed by atoms with Gasteiger partial charge in [0.25, 0.3) is 5.91 Å². The quantitative estimate of drug-likeness (QED) is 0.385. The number of carbonyl (C=O) groups excluding carboxylic acids is 2. The van der Waals surface area contributed by atoms with E-state index in [1.54, 1.807) is 42.6 Å². The molecule has 2 amide bonds. The molecule has 3 aromatic rings. The van der Waals surface area contributed by atoms with Crippen LogP contribution in [0.25, 0.3) is 0 Å². The van der Waals surface area contributed by atoms with E-state index in [1.807, 2.05) is 24.3 Å². The van der Waals surface area contributed by atoms with Crippen molar-refractivity contribution in [2.45, 2.75) is 39.7 Å². The number of benzene rings is 3. The van der Waals surface area contributed by atoms with Crippen molar-refractivity contribution in [3.8, 4) is 5.75 Å². The number of rotatable bonds is 7. The smallest absolute Gasteiger partial charge is 0.271 e. The average Bonchev–Trinajstić information content (AvgIpc) is 2.78. The first-order chi connectivity index (χ1) is 15.7. The normalized spacial score (nSPS) is 11.3. The SMILES string of the molecule is CC(=O)Nc1ccc(C=NNC(=O)c2ccc(COc3ccc(C(C)(C)C)cc3)cc2)cc1. The van der Waals surface area contributed by atoms with Crippen LogP contribution in [0.4, 0.5) is 5.69 Å². The van der Waals surface area contributed by atoms with Crippen LogP contribution in [0.15, 0.2) is 77.9 Å². The maximum atomic E-state index is 12.3. The highest BCUT2D eigenvalue weighted by molar-refractivity contribution is 5.95. The molecule has 0 aromatic heterocycles. The molecule has 0 fully saturated rings. The van der Waals surface area contributed by atoms with E-state index in [-0.39, 0.29) is 17.2 Å². The first-order valence-corrected chi connectivity index (χ1v) is 10.7. The molecule has 0 aliphatic rings. The highest BCUT2D eigenvalue weighted by Gasteiger charge is 2.13. The van der Waals surface area contributed by atoms with E-state index >= 15 is 0 Å². The number of nitrogens with one attached hydrogen (secondary N) is 2. The lowest BCUT2D eigenvalue weighted by atomic mass is 9.87. The number of amides is 2. The molecular formula is C27H29N3O3. The lowest BCUT2D eigenvalue weighted by Crippen LogP contribution is -2.17. The summed E-state index contributed by atoms with van der Waals surface area (Å²) in [5, 5.41) is 6.69. The van der Waals surface area contributed by atoms with Crippen molar-refractivity contribution in [1.82, 2.24) is 5.43 Å². The third-order valence-electron chi connectivity index (χ3n) is 4.95. The van der Waals surface area contributed by atoms with Crippen molar-refractivity contribution in [2.75, 3.05) is 5.32 Å². The zero-order valence-corrected chi connectivity index (χ0v) is 19.4. The van der Waals surface area contributed by atoms with Gasteiger partial charge in [-0.25, -0.2) is 5.43 Å². The van der Waals surface area contributed by atoms with Crippen LogP contribution in [0.1, 0.15) is 54.7 Å². The minimum absolute atomic E-state index is 0.108. The fraction of sp³-hybridized carbons (Fsp3) is 0.222. The van der Waals surface area contributed by atoms with Gasteiger partial charge in [-0.3, -0.25) is 9.59 Å². The summed E-state index contributed by atoms with van der Waals surface area (Å²) in [5.41, 5.74) is 6.86. The van der Waals surface area contributed by atoms with Gasteiger partial charge in [-0.1, -0.05) is 57.2 Å². The molecule has 0 aliphatic heterocycles. The van der Waals surface area contributed by atoms with Crippen molar-refractivity contribution in [3.05, 3.63) is 95.1 Å². The Morgan fingerprint density at radius 3 is 2.12 bits per heavy atom. The molecule has 3 rings (SSSR count). The van der Waals surface area contributed by atoms with Crippen LogP contribution in [-0.4, -0.2) is 18.0 Å². The van der Waals surface area contributed by atoms with E-state index in [0.717, 1.165) is 16.9 Å². The lowest BCUT2D eigenvalue weighted by molar-refractivity contribution is -0.114. The Morgan fingerprint density at radius 1 is 0.909 bits per heavy atom. The molecule has 170 valence electrons. The summed E-state index contributed by atoms with van der Waals surface area (Å²) < 4.78 is 5.86. The molecule has 0 radical (unpaired) electrons. The van der Waals surface area contributed by atoms with Crippen LogP contribution >= 0.6 is 0 Å². The first-order valence-electron chi connectivity index (χ1n) is 10.7. The maximum absolute atomic E-state index is 12.3. The highest BCUT2D eigenvalue weighted by atomic mass is 16.5. The summed E-state index contributed by atoms with van der Waals surface area (Å²) in [6.07, 6.45) is 1.54. The molecule has 3 aromatic carbocycles. The number of hydrogen-bond acceptors (Lipinski definition) is 4. The molecule has 0 saturated heterocycles.